The standard InChI is InChI=1S/C27H25ClF2N4O3/c1-15-7-23(34-11-18(30)10-31-34)19-5-4-6-24(25(19)32-15)37-12-21-20(8-17(29)9-22(21)28)16(2)33-26(35)27(3)13-36-14-27/h4-11,16H,12-14H2,1-3H3,(H,33,35)/t16-/m0/s1. The summed E-state index contributed by atoms with van der Waals surface area (Å²) in [5.74, 6) is -0.665. The summed E-state index contributed by atoms with van der Waals surface area (Å²) < 4.78 is 40.8. The highest BCUT2D eigenvalue weighted by Gasteiger charge is 2.41. The van der Waals surface area contributed by atoms with E-state index in [-0.39, 0.29) is 17.5 Å². The zero-order valence-electron chi connectivity index (χ0n) is 20.5. The fourth-order valence-corrected chi connectivity index (χ4v) is 4.63. The maximum Gasteiger partial charge on any atom is 0.231 e. The molecular weight excluding hydrogens is 502 g/mol. The highest BCUT2D eigenvalue weighted by atomic mass is 35.5. The second-order valence-electron chi connectivity index (χ2n) is 9.53. The van der Waals surface area contributed by atoms with Crippen molar-refractivity contribution in [1.82, 2.24) is 20.1 Å². The fraction of sp³-hybridized carbons (Fsp3) is 0.296. The molecule has 1 aliphatic heterocycles. The van der Waals surface area contributed by atoms with Crippen LogP contribution in [0, 0.1) is 24.0 Å². The number of pyridine rings is 1. The van der Waals surface area contributed by atoms with Gasteiger partial charge in [-0.1, -0.05) is 23.7 Å². The Morgan fingerprint density at radius 2 is 2.05 bits per heavy atom. The molecule has 0 aliphatic carbocycles. The molecule has 1 saturated heterocycles. The van der Waals surface area contributed by atoms with Crippen molar-refractivity contribution in [3.8, 4) is 11.4 Å². The van der Waals surface area contributed by atoms with Crippen LogP contribution in [0.1, 0.15) is 36.7 Å². The zero-order valence-corrected chi connectivity index (χ0v) is 21.3. The fourth-order valence-electron chi connectivity index (χ4n) is 4.37. The summed E-state index contributed by atoms with van der Waals surface area (Å²) >= 11 is 6.45. The SMILES string of the molecule is Cc1cc(-n2cc(F)cn2)c2cccc(OCc3c(Cl)cc(F)cc3[C@H](C)NC(=O)C3(C)COC3)c2n1. The number of aryl methyl sites for hydroxylation is 1. The molecule has 1 amide bonds. The Labute approximate surface area is 217 Å². The molecule has 0 spiro atoms. The molecule has 10 heteroatoms. The van der Waals surface area contributed by atoms with Crippen LogP contribution in [0.3, 0.4) is 0 Å². The summed E-state index contributed by atoms with van der Waals surface area (Å²) in [6.45, 7) is 6.11. The summed E-state index contributed by atoms with van der Waals surface area (Å²) in [6.07, 6.45) is 2.43. The number of ether oxygens (including phenoxy) is 2. The summed E-state index contributed by atoms with van der Waals surface area (Å²) in [5.41, 5.74) is 2.36. The van der Waals surface area contributed by atoms with Gasteiger partial charge in [-0.2, -0.15) is 5.10 Å². The number of halogens is 3. The summed E-state index contributed by atoms with van der Waals surface area (Å²) in [4.78, 5) is 17.4. The number of benzene rings is 2. The molecule has 5 rings (SSSR count). The molecule has 3 heterocycles. The van der Waals surface area contributed by atoms with E-state index in [4.69, 9.17) is 21.1 Å². The number of rotatable bonds is 7. The second kappa shape index (κ2) is 9.72. The van der Waals surface area contributed by atoms with Crippen molar-refractivity contribution >= 4 is 28.4 Å². The van der Waals surface area contributed by atoms with Crippen molar-refractivity contribution in [2.75, 3.05) is 13.2 Å². The van der Waals surface area contributed by atoms with Gasteiger partial charge in [-0.15, -0.1) is 0 Å². The van der Waals surface area contributed by atoms with Gasteiger partial charge in [0.25, 0.3) is 0 Å². The van der Waals surface area contributed by atoms with Crippen LogP contribution in [0.5, 0.6) is 5.75 Å². The van der Waals surface area contributed by atoms with E-state index in [2.05, 4.69) is 15.4 Å². The van der Waals surface area contributed by atoms with E-state index < -0.39 is 23.1 Å². The van der Waals surface area contributed by atoms with Gasteiger partial charge in [0, 0.05) is 16.6 Å². The van der Waals surface area contributed by atoms with Gasteiger partial charge >= 0.3 is 0 Å². The lowest BCUT2D eigenvalue weighted by Gasteiger charge is -2.37. The largest absolute Gasteiger partial charge is 0.487 e. The number of nitrogens with one attached hydrogen (secondary N) is 1. The van der Waals surface area contributed by atoms with Crippen LogP contribution >= 0.6 is 11.6 Å². The lowest BCUT2D eigenvalue weighted by atomic mass is 9.87. The van der Waals surface area contributed by atoms with Crippen molar-refractivity contribution in [2.24, 2.45) is 5.41 Å². The van der Waals surface area contributed by atoms with E-state index >= 15 is 0 Å². The Morgan fingerprint density at radius 1 is 1.27 bits per heavy atom. The first-order valence-corrected chi connectivity index (χ1v) is 12.1. The van der Waals surface area contributed by atoms with Crippen molar-refractivity contribution < 1.29 is 23.0 Å². The van der Waals surface area contributed by atoms with Gasteiger partial charge < -0.3 is 14.8 Å². The van der Waals surface area contributed by atoms with Crippen molar-refractivity contribution in [2.45, 2.75) is 33.4 Å². The quantitative estimate of drug-likeness (QED) is 0.346. The van der Waals surface area contributed by atoms with Gasteiger partial charge in [0.05, 0.1) is 47.8 Å². The molecule has 7 nitrogen and oxygen atoms in total. The maximum atomic E-state index is 14.3. The number of aromatic nitrogens is 3. The molecule has 1 fully saturated rings. The number of nitrogens with zero attached hydrogens (tertiary/aromatic N) is 3. The minimum absolute atomic E-state index is 0.00943. The molecule has 1 aliphatic rings. The third-order valence-electron chi connectivity index (χ3n) is 6.48. The van der Waals surface area contributed by atoms with E-state index in [9.17, 15) is 13.6 Å². The maximum absolute atomic E-state index is 14.3. The first-order valence-electron chi connectivity index (χ1n) is 11.7. The van der Waals surface area contributed by atoms with E-state index in [1.165, 1.54) is 23.0 Å². The average Bonchev–Trinajstić information content (AvgIpc) is 3.27. The molecule has 1 atom stereocenters. The van der Waals surface area contributed by atoms with Crippen LogP contribution in [0.15, 0.2) is 48.8 Å². The molecule has 0 saturated carbocycles. The summed E-state index contributed by atoms with van der Waals surface area (Å²) in [7, 11) is 0. The Bertz CT molecular complexity index is 1500. The predicted molar refractivity (Wildman–Crippen MR) is 135 cm³/mol. The molecule has 37 heavy (non-hydrogen) atoms. The molecule has 0 radical (unpaired) electrons. The number of para-hydroxylation sites is 1. The number of amides is 1. The summed E-state index contributed by atoms with van der Waals surface area (Å²) in [6, 6.07) is 9.27. The van der Waals surface area contributed by atoms with Gasteiger partial charge in [-0.05, 0) is 50.6 Å². The number of hydrogen-bond acceptors (Lipinski definition) is 5. The summed E-state index contributed by atoms with van der Waals surface area (Å²) in [5, 5.41) is 7.93. The average molecular weight is 527 g/mol. The molecule has 192 valence electrons. The van der Waals surface area contributed by atoms with Crippen LogP contribution < -0.4 is 10.1 Å². The molecule has 0 bridgehead atoms. The van der Waals surface area contributed by atoms with Gasteiger partial charge in [-0.25, -0.2) is 18.4 Å². The van der Waals surface area contributed by atoms with E-state index in [0.717, 1.165) is 6.20 Å². The van der Waals surface area contributed by atoms with Gasteiger partial charge in [0.1, 0.15) is 23.7 Å². The van der Waals surface area contributed by atoms with Crippen LogP contribution in [0.25, 0.3) is 16.6 Å². The third-order valence-corrected chi connectivity index (χ3v) is 6.81. The van der Waals surface area contributed by atoms with E-state index in [1.807, 2.05) is 26.0 Å². The Balaban J connectivity index is 1.46. The lowest BCUT2D eigenvalue weighted by molar-refractivity contribution is -0.158. The Kier molecular flexibility index (Phi) is 6.59. The molecule has 2 aromatic carbocycles. The van der Waals surface area contributed by atoms with Crippen molar-refractivity contribution in [3.05, 3.63) is 82.3 Å². The molecular formula is C27H25ClF2N4O3. The first-order chi connectivity index (χ1) is 17.6. The first kappa shape index (κ1) is 25.1. The third kappa shape index (κ3) is 4.89. The number of fused-ring (bicyclic) bond motifs is 1. The van der Waals surface area contributed by atoms with Crippen molar-refractivity contribution in [3.63, 3.8) is 0 Å². The smallest absolute Gasteiger partial charge is 0.231 e. The molecule has 0 unspecified atom stereocenters. The number of hydrogen-bond donors (Lipinski definition) is 1. The van der Waals surface area contributed by atoms with Crippen molar-refractivity contribution in [1.29, 1.82) is 0 Å². The van der Waals surface area contributed by atoms with Gasteiger partial charge in [-0.3, -0.25) is 4.79 Å². The second-order valence-corrected chi connectivity index (χ2v) is 9.94. The number of carbonyl (C=O) groups is 1. The van der Waals surface area contributed by atoms with E-state index in [1.54, 1.807) is 19.1 Å². The Hall–Kier alpha value is -3.56. The molecule has 4 aromatic rings. The lowest BCUT2D eigenvalue weighted by Crippen LogP contribution is -2.52. The topological polar surface area (TPSA) is 78.3 Å². The van der Waals surface area contributed by atoms with Gasteiger partial charge in [0.15, 0.2) is 5.82 Å². The zero-order chi connectivity index (χ0) is 26.3. The Morgan fingerprint density at radius 3 is 2.73 bits per heavy atom. The van der Waals surface area contributed by atoms with Crippen LogP contribution in [0.4, 0.5) is 8.78 Å². The van der Waals surface area contributed by atoms with Crippen LogP contribution in [0.2, 0.25) is 5.02 Å². The minimum atomic E-state index is -0.607. The van der Waals surface area contributed by atoms with Gasteiger partial charge in [0.2, 0.25) is 5.91 Å². The number of carbonyl (C=O) groups excluding carboxylic acids is 1. The highest BCUT2D eigenvalue weighted by molar-refractivity contribution is 6.31. The molecule has 2 aromatic heterocycles. The van der Waals surface area contributed by atoms with Crippen LogP contribution in [-0.2, 0) is 16.1 Å². The highest BCUT2D eigenvalue weighted by Crippen LogP contribution is 2.33. The normalized spacial score (nSPS) is 15.3. The molecule has 1 N–H and O–H groups in total. The minimum Gasteiger partial charge on any atom is -0.487 e. The monoisotopic (exact) mass is 526 g/mol. The predicted octanol–water partition coefficient (Wildman–Crippen LogP) is 5.45. The van der Waals surface area contributed by atoms with Crippen LogP contribution in [-0.4, -0.2) is 33.9 Å². The van der Waals surface area contributed by atoms with E-state index in [0.29, 0.717) is 52.4 Å².